The summed E-state index contributed by atoms with van der Waals surface area (Å²) in [6.07, 6.45) is 3.79. The van der Waals surface area contributed by atoms with Gasteiger partial charge in [0.05, 0.1) is 16.8 Å². The van der Waals surface area contributed by atoms with Crippen molar-refractivity contribution in [1.82, 2.24) is 10.4 Å². The smallest absolute Gasteiger partial charge is 0.281 e. The Balaban J connectivity index is 0.00000256. The Bertz CT molecular complexity index is 930. The number of phenolic OH excluding ortho intramolecular Hbond substituents is 1. The van der Waals surface area contributed by atoms with E-state index in [-0.39, 0.29) is 30.1 Å². The zero-order valence-corrected chi connectivity index (χ0v) is 18.6. The van der Waals surface area contributed by atoms with Gasteiger partial charge in [-0.3, -0.25) is 15.2 Å². The van der Waals surface area contributed by atoms with Gasteiger partial charge in [-0.2, -0.15) is 5.10 Å². The van der Waals surface area contributed by atoms with Crippen molar-refractivity contribution >= 4 is 52.9 Å². The van der Waals surface area contributed by atoms with Crippen molar-refractivity contribution in [3.8, 4) is 5.75 Å². The summed E-state index contributed by atoms with van der Waals surface area (Å²) in [5.41, 5.74) is 5.03. The average molecular weight is 470 g/mol. The lowest BCUT2D eigenvalue weighted by Gasteiger charge is -2.26. The van der Waals surface area contributed by atoms with Gasteiger partial charge in [-0.25, -0.2) is 5.01 Å². The molecule has 1 unspecified atom stereocenters. The van der Waals surface area contributed by atoms with E-state index in [2.05, 4.69) is 10.5 Å². The van der Waals surface area contributed by atoms with Gasteiger partial charge in [0.25, 0.3) is 5.91 Å². The number of nitrogens with zero attached hydrogens (tertiary/aromatic N) is 3. The maximum atomic E-state index is 12.9. The molecule has 30 heavy (non-hydrogen) atoms. The van der Waals surface area contributed by atoms with E-state index < -0.39 is 0 Å². The second-order valence-electron chi connectivity index (χ2n) is 7.29. The van der Waals surface area contributed by atoms with E-state index in [0.717, 1.165) is 31.5 Å². The normalized spacial score (nSPS) is 19.2. The van der Waals surface area contributed by atoms with Crippen LogP contribution in [0.15, 0.2) is 47.6 Å². The second-order valence-corrected chi connectivity index (χ2v) is 8.13. The molecule has 2 aromatic carbocycles. The standard InChI is InChI=1S/C21H22Cl2N4O2.ClH/c22-15-6-9-19(17(23)12-15)27-20(14-4-7-16(28)8-5-14)13-18(24-27)21(29)25-26-10-2-1-3-11-26;/h4-9,12,20,28H,1-3,10-11,13H2,(H,25,29);1H. The van der Waals surface area contributed by atoms with Crippen LogP contribution in [-0.2, 0) is 4.79 Å². The van der Waals surface area contributed by atoms with Crippen LogP contribution in [0.1, 0.15) is 37.3 Å². The predicted molar refractivity (Wildman–Crippen MR) is 123 cm³/mol. The quantitative estimate of drug-likeness (QED) is 0.665. The van der Waals surface area contributed by atoms with Crippen LogP contribution < -0.4 is 10.4 Å². The number of aromatic hydroxyl groups is 1. The predicted octanol–water partition coefficient (Wildman–Crippen LogP) is 4.95. The molecule has 1 fully saturated rings. The number of hydrazine groups is 1. The lowest BCUT2D eigenvalue weighted by Crippen LogP contribution is -2.47. The van der Waals surface area contributed by atoms with Gasteiger partial charge in [-0.05, 0) is 48.7 Å². The van der Waals surface area contributed by atoms with Crippen LogP contribution in [0.25, 0.3) is 0 Å². The summed E-state index contributed by atoms with van der Waals surface area (Å²) in [6, 6.07) is 11.9. The molecule has 6 nitrogen and oxygen atoms in total. The van der Waals surface area contributed by atoms with Crippen molar-refractivity contribution in [3.05, 3.63) is 58.1 Å². The highest BCUT2D eigenvalue weighted by Crippen LogP contribution is 2.39. The number of carbonyl (C=O) groups excluding carboxylic acids is 1. The summed E-state index contributed by atoms with van der Waals surface area (Å²) in [5.74, 6) is -0.00456. The van der Waals surface area contributed by atoms with Crippen LogP contribution in [0.5, 0.6) is 5.75 Å². The molecule has 9 heteroatoms. The van der Waals surface area contributed by atoms with Crippen molar-refractivity contribution in [3.63, 3.8) is 0 Å². The maximum Gasteiger partial charge on any atom is 0.281 e. The van der Waals surface area contributed by atoms with Gasteiger partial charge in [0, 0.05) is 24.5 Å². The van der Waals surface area contributed by atoms with Gasteiger partial charge in [-0.1, -0.05) is 41.8 Å². The number of hydrogen-bond acceptors (Lipinski definition) is 5. The maximum absolute atomic E-state index is 12.9. The molecule has 2 aliphatic rings. The fourth-order valence-corrected chi connectivity index (χ4v) is 4.20. The SMILES string of the molecule is Cl.O=C(NN1CCCCC1)C1=NN(c2ccc(Cl)cc2Cl)C(c2ccc(O)cc2)C1. The summed E-state index contributed by atoms with van der Waals surface area (Å²) < 4.78 is 0. The van der Waals surface area contributed by atoms with Crippen LogP contribution in [0.2, 0.25) is 10.0 Å². The third kappa shape index (κ3) is 5.01. The van der Waals surface area contributed by atoms with Crippen molar-refractivity contribution in [2.45, 2.75) is 31.7 Å². The van der Waals surface area contributed by atoms with Crippen LogP contribution in [-0.4, -0.2) is 34.8 Å². The summed E-state index contributed by atoms with van der Waals surface area (Å²) in [4.78, 5) is 12.9. The summed E-state index contributed by atoms with van der Waals surface area (Å²) in [5, 5.41) is 19.0. The zero-order valence-electron chi connectivity index (χ0n) is 16.2. The Morgan fingerprint density at radius 1 is 1.07 bits per heavy atom. The second kappa shape index (κ2) is 9.88. The summed E-state index contributed by atoms with van der Waals surface area (Å²) in [6.45, 7) is 1.71. The van der Waals surface area contributed by atoms with Gasteiger partial charge < -0.3 is 5.11 Å². The van der Waals surface area contributed by atoms with Crippen molar-refractivity contribution in [2.75, 3.05) is 18.1 Å². The molecule has 0 bridgehead atoms. The monoisotopic (exact) mass is 468 g/mol. The van der Waals surface area contributed by atoms with Gasteiger partial charge in [-0.15, -0.1) is 12.4 Å². The van der Waals surface area contributed by atoms with Gasteiger partial charge in [0.1, 0.15) is 11.5 Å². The van der Waals surface area contributed by atoms with Crippen molar-refractivity contribution in [1.29, 1.82) is 0 Å². The van der Waals surface area contributed by atoms with E-state index in [1.54, 1.807) is 35.3 Å². The Morgan fingerprint density at radius 3 is 2.43 bits per heavy atom. The number of carbonyl (C=O) groups is 1. The topological polar surface area (TPSA) is 68.2 Å². The number of piperidine rings is 1. The number of amides is 1. The molecule has 2 heterocycles. The first kappa shape index (κ1) is 22.7. The molecule has 0 saturated carbocycles. The van der Waals surface area contributed by atoms with Crippen LogP contribution in [0, 0.1) is 0 Å². The highest BCUT2D eigenvalue weighted by Gasteiger charge is 2.34. The number of halogens is 3. The Labute approximate surface area is 191 Å². The molecule has 0 aromatic heterocycles. The lowest BCUT2D eigenvalue weighted by atomic mass is 10.0. The van der Waals surface area contributed by atoms with E-state index in [9.17, 15) is 9.90 Å². The minimum absolute atomic E-state index is 0. The number of rotatable bonds is 4. The van der Waals surface area contributed by atoms with E-state index >= 15 is 0 Å². The first-order valence-corrected chi connectivity index (χ1v) is 10.4. The highest BCUT2D eigenvalue weighted by atomic mass is 35.5. The van der Waals surface area contributed by atoms with Crippen molar-refractivity contribution in [2.24, 2.45) is 5.10 Å². The molecule has 1 amide bonds. The lowest BCUT2D eigenvalue weighted by molar-refractivity contribution is -0.119. The molecule has 0 spiro atoms. The van der Waals surface area contributed by atoms with E-state index in [0.29, 0.717) is 27.9 Å². The van der Waals surface area contributed by atoms with Crippen LogP contribution in [0.4, 0.5) is 5.69 Å². The van der Waals surface area contributed by atoms with E-state index in [4.69, 9.17) is 23.2 Å². The molecule has 160 valence electrons. The number of benzene rings is 2. The summed E-state index contributed by atoms with van der Waals surface area (Å²) >= 11 is 12.5. The number of phenols is 1. The number of hydrogen-bond donors (Lipinski definition) is 2. The largest absolute Gasteiger partial charge is 0.508 e. The first-order chi connectivity index (χ1) is 14.0. The Morgan fingerprint density at radius 2 is 1.77 bits per heavy atom. The summed E-state index contributed by atoms with van der Waals surface area (Å²) in [7, 11) is 0. The van der Waals surface area contributed by atoms with Crippen molar-refractivity contribution < 1.29 is 9.90 Å². The Hall–Kier alpha value is -1.99. The van der Waals surface area contributed by atoms with Gasteiger partial charge in [0.15, 0.2) is 0 Å². The molecule has 1 atom stereocenters. The number of anilines is 1. The van der Waals surface area contributed by atoms with Crippen LogP contribution in [0.3, 0.4) is 0 Å². The average Bonchev–Trinajstić information content (AvgIpc) is 3.14. The van der Waals surface area contributed by atoms with Crippen LogP contribution >= 0.6 is 35.6 Å². The molecule has 2 N–H and O–H groups in total. The molecule has 2 aromatic rings. The fraction of sp³-hybridized carbons (Fsp3) is 0.333. The molecule has 4 rings (SSSR count). The zero-order chi connectivity index (χ0) is 20.4. The number of nitrogens with one attached hydrogen (secondary N) is 1. The molecule has 2 aliphatic heterocycles. The molecular formula is C21H23Cl3N4O2. The van der Waals surface area contributed by atoms with E-state index in [1.807, 2.05) is 17.1 Å². The molecular weight excluding hydrogens is 447 g/mol. The molecule has 0 radical (unpaired) electrons. The van der Waals surface area contributed by atoms with E-state index in [1.165, 1.54) is 6.42 Å². The third-order valence-electron chi connectivity index (χ3n) is 5.22. The number of hydrazone groups is 1. The van der Waals surface area contributed by atoms with Gasteiger partial charge >= 0.3 is 0 Å². The molecule has 1 saturated heterocycles. The minimum Gasteiger partial charge on any atom is -0.508 e. The van der Waals surface area contributed by atoms with Gasteiger partial charge in [0.2, 0.25) is 0 Å². The Kier molecular flexibility index (Phi) is 7.47. The minimum atomic E-state index is -0.212. The third-order valence-corrected chi connectivity index (χ3v) is 5.76. The molecule has 0 aliphatic carbocycles. The first-order valence-electron chi connectivity index (χ1n) is 9.68. The fourth-order valence-electron chi connectivity index (χ4n) is 3.71. The highest BCUT2D eigenvalue weighted by molar-refractivity contribution is 6.40.